The van der Waals surface area contributed by atoms with E-state index in [0.717, 1.165) is 23.5 Å². The molecule has 2 heterocycles. The molecule has 1 N–H and O–H groups in total. The van der Waals surface area contributed by atoms with Crippen LogP contribution >= 0.6 is 11.3 Å². The lowest BCUT2D eigenvalue weighted by atomic mass is 10.1. The lowest BCUT2D eigenvalue weighted by Crippen LogP contribution is -2.30. The fraction of sp³-hybridized carbons (Fsp3) is 0.267. The highest BCUT2D eigenvalue weighted by atomic mass is 32.1. The van der Waals surface area contributed by atoms with Gasteiger partial charge in [0.2, 0.25) is 0 Å². The first-order valence-corrected chi connectivity index (χ1v) is 7.76. The Bertz CT molecular complexity index is 778. The molecule has 1 unspecified atom stereocenters. The molecule has 1 saturated heterocycles. The number of halogens is 2. The van der Waals surface area contributed by atoms with Gasteiger partial charge in [0, 0.05) is 24.0 Å². The molecule has 1 atom stereocenters. The smallest absolute Gasteiger partial charge is 0.308 e. The van der Waals surface area contributed by atoms with Crippen molar-refractivity contribution in [2.75, 3.05) is 13.1 Å². The Kier molecular flexibility index (Phi) is 4.08. The maximum Gasteiger partial charge on any atom is 0.308 e. The summed E-state index contributed by atoms with van der Waals surface area (Å²) in [5, 5.41) is 10.9. The van der Waals surface area contributed by atoms with E-state index in [1.54, 1.807) is 0 Å². The van der Waals surface area contributed by atoms with Gasteiger partial charge in [0.1, 0.15) is 10.7 Å². The molecule has 2 aromatic rings. The van der Waals surface area contributed by atoms with E-state index in [1.165, 1.54) is 16.3 Å². The molecule has 1 aromatic heterocycles. The van der Waals surface area contributed by atoms with E-state index in [0.29, 0.717) is 23.5 Å². The molecule has 1 aliphatic rings. The van der Waals surface area contributed by atoms with Crippen LogP contribution in [0.2, 0.25) is 0 Å². The van der Waals surface area contributed by atoms with Crippen LogP contribution in [-0.2, 0) is 4.79 Å². The van der Waals surface area contributed by atoms with Crippen LogP contribution in [0.1, 0.15) is 16.9 Å². The normalized spacial score (nSPS) is 17.5. The number of carbonyl (C=O) groups is 2. The number of thiazole rings is 1. The number of carbonyl (C=O) groups excluding carboxylic acids is 1. The average Bonchev–Trinajstić information content (AvgIpc) is 3.18. The summed E-state index contributed by atoms with van der Waals surface area (Å²) >= 11 is 1.15. The van der Waals surface area contributed by atoms with Gasteiger partial charge < -0.3 is 10.0 Å². The number of hydrogen-bond donors (Lipinski definition) is 1. The molecule has 0 bridgehead atoms. The largest absolute Gasteiger partial charge is 0.481 e. The minimum absolute atomic E-state index is 0.159. The lowest BCUT2D eigenvalue weighted by Gasteiger charge is -2.13. The zero-order chi connectivity index (χ0) is 16.6. The first-order valence-electron chi connectivity index (χ1n) is 6.88. The van der Waals surface area contributed by atoms with Gasteiger partial charge in [-0.25, -0.2) is 13.8 Å². The highest BCUT2D eigenvalue weighted by Gasteiger charge is 2.32. The van der Waals surface area contributed by atoms with Gasteiger partial charge in [-0.3, -0.25) is 9.59 Å². The van der Waals surface area contributed by atoms with Gasteiger partial charge in [-0.2, -0.15) is 0 Å². The molecular weight excluding hydrogens is 326 g/mol. The third-order valence-electron chi connectivity index (χ3n) is 3.71. The molecular formula is C15H12F2N2O3S. The van der Waals surface area contributed by atoms with Crippen molar-refractivity contribution in [2.45, 2.75) is 6.42 Å². The van der Waals surface area contributed by atoms with Gasteiger partial charge in [-0.1, -0.05) is 0 Å². The summed E-state index contributed by atoms with van der Waals surface area (Å²) in [6, 6.07) is 3.42. The van der Waals surface area contributed by atoms with Crippen molar-refractivity contribution >= 4 is 23.2 Å². The Hall–Kier alpha value is -2.35. The molecule has 5 nitrogen and oxygen atoms in total. The minimum Gasteiger partial charge on any atom is -0.481 e. The van der Waals surface area contributed by atoms with Crippen molar-refractivity contribution in [1.29, 1.82) is 0 Å². The number of benzene rings is 1. The summed E-state index contributed by atoms with van der Waals surface area (Å²) in [7, 11) is 0. The maximum atomic E-state index is 13.3. The molecule has 1 amide bonds. The molecule has 0 saturated carbocycles. The minimum atomic E-state index is -0.977. The summed E-state index contributed by atoms with van der Waals surface area (Å²) in [4.78, 5) is 28.9. The molecule has 0 spiro atoms. The number of rotatable bonds is 3. The second-order valence-corrected chi connectivity index (χ2v) is 6.10. The van der Waals surface area contributed by atoms with Crippen LogP contribution in [0.3, 0.4) is 0 Å². The second kappa shape index (κ2) is 6.04. The van der Waals surface area contributed by atoms with Crippen molar-refractivity contribution in [3.05, 3.63) is 40.9 Å². The molecule has 120 valence electrons. The third kappa shape index (κ3) is 3.07. The second-order valence-electron chi connectivity index (χ2n) is 5.24. The fourth-order valence-electron chi connectivity index (χ4n) is 2.44. The maximum absolute atomic E-state index is 13.3. The van der Waals surface area contributed by atoms with E-state index < -0.39 is 23.5 Å². The SMILES string of the molecule is O=C(O)C1CCN(C(=O)c2csc(-c3ccc(F)c(F)c3)n2)C1. The third-order valence-corrected chi connectivity index (χ3v) is 4.61. The van der Waals surface area contributed by atoms with Crippen molar-refractivity contribution in [2.24, 2.45) is 5.92 Å². The Balaban J connectivity index is 1.78. The van der Waals surface area contributed by atoms with E-state index in [9.17, 15) is 18.4 Å². The van der Waals surface area contributed by atoms with Gasteiger partial charge in [0.05, 0.1) is 5.92 Å². The zero-order valence-electron chi connectivity index (χ0n) is 11.8. The number of likely N-dealkylation sites (tertiary alicyclic amines) is 1. The standard InChI is InChI=1S/C15H12F2N2O3S/c16-10-2-1-8(5-11(10)17)13-18-12(7-23-13)14(20)19-4-3-9(6-19)15(21)22/h1-2,5,7,9H,3-4,6H2,(H,21,22). The first kappa shape index (κ1) is 15.5. The zero-order valence-corrected chi connectivity index (χ0v) is 12.6. The molecule has 0 radical (unpaired) electrons. The molecule has 1 fully saturated rings. The predicted octanol–water partition coefficient (Wildman–Crippen LogP) is 2.64. The Labute approximate surface area is 134 Å². The Morgan fingerprint density at radius 2 is 2.09 bits per heavy atom. The highest BCUT2D eigenvalue weighted by Crippen LogP contribution is 2.27. The lowest BCUT2D eigenvalue weighted by molar-refractivity contribution is -0.141. The van der Waals surface area contributed by atoms with Gasteiger partial charge in [-0.05, 0) is 24.6 Å². The first-order chi connectivity index (χ1) is 11.0. The van der Waals surface area contributed by atoms with E-state index in [1.807, 2.05) is 0 Å². The molecule has 1 aromatic carbocycles. The van der Waals surface area contributed by atoms with Crippen molar-refractivity contribution < 1.29 is 23.5 Å². The topological polar surface area (TPSA) is 70.5 Å². The van der Waals surface area contributed by atoms with Crippen LogP contribution in [0.5, 0.6) is 0 Å². The highest BCUT2D eigenvalue weighted by molar-refractivity contribution is 7.13. The average molecular weight is 338 g/mol. The number of amides is 1. The van der Waals surface area contributed by atoms with E-state index in [2.05, 4.69) is 4.98 Å². The van der Waals surface area contributed by atoms with E-state index in [4.69, 9.17) is 5.11 Å². The number of aliphatic carboxylic acids is 1. The molecule has 3 rings (SSSR count). The number of carboxylic acid groups (broad SMARTS) is 1. The van der Waals surface area contributed by atoms with Crippen LogP contribution in [0.15, 0.2) is 23.6 Å². The summed E-state index contributed by atoms with van der Waals surface area (Å²) in [6.07, 6.45) is 0.418. The van der Waals surface area contributed by atoms with Gasteiger partial charge in [-0.15, -0.1) is 11.3 Å². The van der Waals surface area contributed by atoms with Crippen LogP contribution in [0.25, 0.3) is 10.6 Å². The number of carboxylic acids is 1. The van der Waals surface area contributed by atoms with Gasteiger partial charge >= 0.3 is 5.97 Å². The Morgan fingerprint density at radius 3 is 2.74 bits per heavy atom. The number of aromatic nitrogens is 1. The van der Waals surface area contributed by atoms with Crippen molar-refractivity contribution in [1.82, 2.24) is 9.88 Å². The quantitative estimate of drug-likeness (QED) is 0.934. The van der Waals surface area contributed by atoms with E-state index >= 15 is 0 Å². The van der Waals surface area contributed by atoms with Gasteiger partial charge in [0.25, 0.3) is 5.91 Å². The number of nitrogens with zero attached hydrogens (tertiary/aromatic N) is 2. The van der Waals surface area contributed by atoms with Crippen molar-refractivity contribution in [3.63, 3.8) is 0 Å². The summed E-state index contributed by atoms with van der Waals surface area (Å²) in [5.74, 6) is -3.74. The monoisotopic (exact) mass is 338 g/mol. The van der Waals surface area contributed by atoms with Crippen LogP contribution in [-0.4, -0.2) is 40.0 Å². The van der Waals surface area contributed by atoms with Crippen LogP contribution in [0, 0.1) is 17.6 Å². The summed E-state index contributed by atoms with van der Waals surface area (Å²) in [6.45, 7) is 0.528. The molecule has 0 aliphatic carbocycles. The molecule has 1 aliphatic heterocycles. The van der Waals surface area contributed by atoms with Crippen molar-refractivity contribution in [3.8, 4) is 10.6 Å². The fourth-order valence-corrected chi connectivity index (χ4v) is 3.23. The number of hydrogen-bond acceptors (Lipinski definition) is 4. The van der Waals surface area contributed by atoms with Crippen LogP contribution in [0.4, 0.5) is 8.78 Å². The Morgan fingerprint density at radius 1 is 1.30 bits per heavy atom. The van der Waals surface area contributed by atoms with Crippen LogP contribution < -0.4 is 0 Å². The molecule has 23 heavy (non-hydrogen) atoms. The van der Waals surface area contributed by atoms with E-state index in [-0.39, 0.29) is 18.1 Å². The van der Waals surface area contributed by atoms with Gasteiger partial charge in [0.15, 0.2) is 11.6 Å². The predicted molar refractivity (Wildman–Crippen MR) is 79.1 cm³/mol. The summed E-state index contributed by atoms with van der Waals surface area (Å²) < 4.78 is 26.2. The summed E-state index contributed by atoms with van der Waals surface area (Å²) in [5.41, 5.74) is 0.568. The molecule has 8 heteroatoms.